The molecule has 1 aromatic heterocycles. The van der Waals surface area contributed by atoms with E-state index in [0.717, 1.165) is 30.1 Å². The molecule has 3 N–H and O–H groups in total. The van der Waals surface area contributed by atoms with Crippen LogP contribution in [0.4, 0.5) is 0 Å². The Balaban J connectivity index is 1.82. The Labute approximate surface area is 128 Å². The van der Waals surface area contributed by atoms with Crippen LogP contribution in [-0.4, -0.2) is 13.7 Å². The van der Waals surface area contributed by atoms with Gasteiger partial charge in [0.15, 0.2) is 0 Å². The van der Waals surface area contributed by atoms with E-state index in [1.54, 1.807) is 18.4 Å². The van der Waals surface area contributed by atoms with Crippen LogP contribution in [0.2, 0.25) is 0 Å². The Morgan fingerprint density at radius 2 is 2.29 bits per heavy atom. The van der Waals surface area contributed by atoms with Crippen LogP contribution in [0.3, 0.4) is 0 Å². The van der Waals surface area contributed by atoms with E-state index in [-0.39, 0.29) is 12.1 Å². The summed E-state index contributed by atoms with van der Waals surface area (Å²) >= 11 is 1.65. The lowest BCUT2D eigenvalue weighted by atomic mass is 9.93. The molecular weight excluding hydrogens is 284 g/mol. The largest absolute Gasteiger partial charge is 0.496 e. The van der Waals surface area contributed by atoms with Gasteiger partial charge in [-0.25, -0.2) is 0 Å². The molecule has 0 amide bonds. The number of benzene rings is 1. The van der Waals surface area contributed by atoms with E-state index in [0.29, 0.717) is 0 Å². The molecule has 0 fully saturated rings. The Hall–Kier alpha value is -1.40. The van der Waals surface area contributed by atoms with E-state index < -0.39 is 0 Å². The number of nitrogens with one attached hydrogen (secondary N) is 1. The number of rotatable bonds is 5. The second-order valence-corrected chi connectivity index (χ2v) is 6.06. The maximum absolute atomic E-state index is 5.98. The number of ether oxygens (including phenoxy) is 2. The molecule has 4 nitrogen and oxygen atoms in total. The monoisotopic (exact) mass is 304 g/mol. The Morgan fingerprint density at radius 1 is 1.43 bits per heavy atom. The SMILES string of the molecule is COc1ccsc1C(CC1OCCc2ccccc21)NN. The van der Waals surface area contributed by atoms with Crippen molar-refractivity contribution in [3.8, 4) is 5.75 Å². The van der Waals surface area contributed by atoms with Crippen molar-refractivity contribution in [1.82, 2.24) is 5.43 Å². The minimum atomic E-state index is 0.0242. The minimum absolute atomic E-state index is 0.0242. The third kappa shape index (κ3) is 2.96. The highest BCUT2D eigenvalue weighted by Crippen LogP contribution is 2.38. The van der Waals surface area contributed by atoms with Crippen LogP contribution in [-0.2, 0) is 11.2 Å². The van der Waals surface area contributed by atoms with E-state index in [4.69, 9.17) is 15.3 Å². The van der Waals surface area contributed by atoms with Crippen molar-refractivity contribution in [3.05, 3.63) is 51.7 Å². The first kappa shape index (κ1) is 14.5. The fourth-order valence-electron chi connectivity index (χ4n) is 2.87. The van der Waals surface area contributed by atoms with Crippen LogP contribution in [0.5, 0.6) is 5.75 Å². The standard InChI is InChI=1S/C16H20N2O2S/c1-19-14-7-9-21-16(14)13(18-17)10-15-12-5-3-2-4-11(12)6-8-20-15/h2-5,7,9,13,15,18H,6,8,10,17H2,1H3. The van der Waals surface area contributed by atoms with Gasteiger partial charge in [-0.3, -0.25) is 11.3 Å². The molecule has 2 unspecified atom stereocenters. The van der Waals surface area contributed by atoms with Crippen molar-refractivity contribution < 1.29 is 9.47 Å². The summed E-state index contributed by atoms with van der Waals surface area (Å²) < 4.78 is 11.4. The molecule has 112 valence electrons. The summed E-state index contributed by atoms with van der Waals surface area (Å²) in [5, 5.41) is 2.02. The third-order valence-electron chi connectivity index (χ3n) is 3.94. The molecule has 0 aliphatic carbocycles. The Bertz CT molecular complexity index is 599. The Morgan fingerprint density at radius 3 is 3.10 bits per heavy atom. The summed E-state index contributed by atoms with van der Waals surface area (Å²) in [6.45, 7) is 0.764. The van der Waals surface area contributed by atoms with Crippen LogP contribution >= 0.6 is 11.3 Å². The quantitative estimate of drug-likeness (QED) is 0.658. The summed E-state index contributed by atoms with van der Waals surface area (Å²) in [6.07, 6.45) is 1.85. The predicted octanol–water partition coefficient (Wildman–Crippen LogP) is 2.97. The molecule has 0 spiro atoms. The van der Waals surface area contributed by atoms with E-state index in [2.05, 4.69) is 29.7 Å². The van der Waals surface area contributed by atoms with Gasteiger partial charge in [-0.05, 0) is 35.4 Å². The number of hydrazine groups is 1. The number of hydrogen-bond acceptors (Lipinski definition) is 5. The van der Waals surface area contributed by atoms with Gasteiger partial charge in [0.2, 0.25) is 0 Å². The summed E-state index contributed by atoms with van der Waals surface area (Å²) in [6, 6.07) is 10.5. The van der Waals surface area contributed by atoms with Gasteiger partial charge in [0.25, 0.3) is 0 Å². The zero-order valence-electron chi connectivity index (χ0n) is 12.0. The average molecular weight is 304 g/mol. The number of nitrogens with two attached hydrogens (primary N) is 1. The van der Waals surface area contributed by atoms with Gasteiger partial charge >= 0.3 is 0 Å². The molecule has 2 atom stereocenters. The van der Waals surface area contributed by atoms with Gasteiger partial charge in [-0.15, -0.1) is 11.3 Å². The van der Waals surface area contributed by atoms with Gasteiger partial charge in [0.1, 0.15) is 5.75 Å². The zero-order chi connectivity index (χ0) is 14.7. The van der Waals surface area contributed by atoms with E-state index in [9.17, 15) is 0 Å². The first-order valence-corrected chi connectivity index (χ1v) is 7.98. The van der Waals surface area contributed by atoms with E-state index >= 15 is 0 Å². The number of thiophene rings is 1. The van der Waals surface area contributed by atoms with Crippen LogP contribution in [0.15, 0.2) is 35.7 Å². The number of methoxy groups -OCH3 is 1. The van der Waals surface area contributed by atoms with Crippen molar-refractivity contribution in [2.45, 2.75) is 25.0 Å². The summed E-state index contributed by atoms with van der Waals surface area (Å²) in [4.78, 5) is 1.12. The molecule has 2 heterocycles. The Kier molecular flexibility index (Phi) is 4.55. The first-order valence-electron chi connectivity index (χ1n) is 7.10. The highest BCUT2D eigenvalue weighted by atomic mass is 32.1. The predicted molar refractivity (Wildman–Crippen MR) is 84.4 cm³/mol. The summed E-state index contributed by atoms with van der Waals surface area (Å²) in [5.41, 5.74) is 5.56. The second kappa shape index (κ2) is 6.58. The molecular formula is C16H20N2O2S. The third-order valence-corrected chi connectivity index (χ3v) is 4.95. The molecule has 0 bridgehead atoms. The number of fused-ring (bicyclic) bond motifs is 1. The first-order chi connectivity index (χ1) is 10.3. The molecule has 0 saturated heterocycles. The van der Waals surface area contributed by atoms with Crippen molar-refractivity contribution in [2.24, 2.45) is 5.84 Å². The maximum Gasteiger partial charge on any atom is 0.134 e. The second-order valence-electron chi connectivity index (χ2n) is 5.12. The fraction of sp³-hybridized carbons (Fsp3) is 0.375. The minimum Gasteiger partial charge on any atom is -0.496 e. The van der Waals surface area contributed by atoms with Crippen molar-refractivity contribution >= 4 is 11.3 Å². The smallest absolute Gasteiger partial charge is 0.134 e. The summed E-state index contributed by atoms with van der Waals surface area (Å²) in [5.74, 6) is 6.65. The maximum atomic E-state index is 5.98. The molecule has 1 aliphatic rings. The van der Waals surface area contributed by atoms with Crippen LogP contribution in [0.25, 0.3) is 0 Å². The topological polar surface area (TPSA) is 56.5 Å². The van der Waals surface area contributed by atoms with Crippen LogP contribution in [0.1, 0.15) is 34.6 Å². The molecule has 0 radical (unpaired) electrons. The fourth-order valence-corrected chi connectivity index (χ4v) is 3.80. The summed E-state index contributed by atoms with van der Waals surface area (Å²) in [7, 11) is 1.69. The molecule has 3 rings (SSSR count). The average Bonchev–Trinajstić information content (AvgIpc) is 3.01. The van der Waals surface area contributed by atoms with Crippen LogP contribution < -0.4 is 16.0 Å². The molecule has 0 saturated carbocycles. The zero-order valence-corrected chi connectivity index (χ0v) is 12.9. The molecule has 1 aliphatic heterocycles. The molecule has 2 aromatic rings. The van der Waals surface area contributed by atoms with Gasteiger partial charge < -0.3 is 9.47 Å². The van der Waals surface area contributed by atoms with E-state index in [1.807, 2.05) is 11.4 Å². The van der Waals surface area contributed by atoms with Crippen molar-refractivity contribution in [3.63, 3.8) is 0 Å². The molecule has 5 heteroatoms. The lowest BCUT2D eigenvalue weighted by molar-refractivity contribution is 0.0294. The van der Waals surface area contributed by atoms with Crippen molar-refractivity contribution in [2.75, 3.05) is 13.7 Å². The molecule has 21 heavy (non-hydrogen) atoms. The van der Waals surface area contributed by atoms with Gasteiger partial charge in [-0.1, -0.05) is 24.3 Å². The van der Waals surface area contributed by atoms with E-state index in [1.165, 1.54) is 11.1 Å². The highest BCUT2D eigenvalue weighted by Gasteiger charge is 2.26. The van der Waals surface area contributed by atoms with Gasteiger partial charge in [-0.2, -0.15) is 0 Å². The normalized spacial score (nSPS) is 19.0. The lowest BCUT2D eigenvalue weighted by Gasteiger charge is -2.29. The van der Waals surface area contributed by atoms with Gasteiger partial charge in [0.05, 0.1) is 30.7 Å². The lowest BCUT2D eigenvalue weighted by Crippen LogP contribution is -2.30. The van der Waals surface area contributed by atoms with Crippen molar-refractivity contribution in [1.29, 1.82) is 0 Å². The van der Waals surface area contributed by atoms with Gasteiger partial charge in [0, 0.05) is 0 Å². The number of hydrogen-bond donors (Lipinski definition) is 2. The van der Waals surface area contributed by atoms with Crippen LogP contribution in [0, 0.1) is 0 Å². The molecule has 1 aromatic carbocycles. The highest BCUT2D eigenvalue weighted by molar-refractivity contribution is 7.10.